The van der Waals surface area contributed by atoms with E-state index in [1.54, 1.807) is 76.6 Å². The van der Waals surface area contributed by atoms with Crippen molar-refractivity contribution in [3.63, 3.8) is 0 Å². The summed E-state index contributed by atoms with van der Waals surface area (Å²) in [6.45, 7) is -0.412. The lowest BCUT2D eigenvalue weighted by Gasteiger charge is -2.36. The molecule has 0 bridgehead atoms. The zero-order valence-electron chi connectivity index (χ0n) is 66.0. The molecule has 0 radical (unpaired) electrons. The number of amides is 9. The Labute approximate surface area is 673 Å². The number of benzene rings is 9. The maximum atomic E-state index is 16.0. The largest absolute Gasteiger partial charge is 0.493 e. The van der Waals surface area contributed by atoms with Crippen molar-refractivity contribution in [3.8, 4) is 23.0 Å². The molecule has 0 aliphatic carbocycles. The van der Waals surface area contributed by atoms with E-state index in [1.165, 1.54) is 46.2 Å². The van der Waals surface area contributed by atoms with Gasteiger partial charge in [0.15, 0.2) is 23.0 Å². The first-order valence-electron chi connectivity index (χ1n) is 38.6. The summed E-state index contributed by atoms with van der Waals surface area (Å²) in [5.74, 6) is -4.40. The summed E-state index contributed by atoms with van der Waals surface area (Å²) in [7, 11) is 4.55. The minimum Gasteiger partial charge on any atom is -0.493 e. The van der Waals surface area contributed by atoms with Crippen molar-refractivity contribution < 1.29 is 62.1 Å². The minimum atomic E-state index is -0.842. The summed E-state index contributed by atoms with van der Waals surface area (Å²) < 4.78 is 22.4. The highest BCUT2D eigenvalue weighted by Gasteiger charge is 2.36. The number of nitrogens with zero attached hydrogens (tertiary/aromatic N) is 8. The fourth-order valence-electron chi connectivity index (χ4n) is 14.0. The van der Waals surface area contributed by atoms with Crippen LogP contribution in [0.25, 0.3) is 0 Å². The molecule has 0 saturated heterocycles. The molecule has 10 rings (SSSR count). The zero-order chi connectivity index (χ0) is 81.6. The zero-order valence-corrected chi connectivity index (χ0v) is 66.0. The van der Waals surface area contributed by atoms with Gasteiger partial charge in [0, 0.05) is 58.2 Å². The van der Waals surface area contributed by atoms with Gasteiger partial charge in [0.2, 0.25) is 60.0 Å². The SMILES string of the molecule is COc1ccc(CNCC(=O)N(CC(=O)N(CCCCN)CC(=O)N(C)CC(=O)N(CC(=O)N(CC(=O)N(CC(=O)N(CC(=O)N(CC(N)=O)Cc2ccccc2)C(C)c2ccccc2)Cc2ccc3c(c2)OCO3)C(C)c2ccccc2)CC(c2ccccc2)c2ccccc2)CC(c2ccccc2)c2ccccc2)cc1OC. The van der Waals surface area contributed by atoms with Gasteiger partial charge in [-0.3, -0.25) is 43.2 Å². The van der Waals surface area contributed by atoms with Crippen LogP contribution in [0, 0.1) is 0 Å². The molecule has 0 aromatic heterocycles. The maximum absolute atomic E-state index is 16.0. The molecule has 2 atom stereocenters. The fraction of sp³-hybridized carbons (Fsp3) is 0.308. The molecule has 600 valence electrons. The molecule has 1 heterocycles. The Bertz CT molecular complexity index is 4590. The monoisotopic (exact) mass is 1560 g/mol. The van der Waals surface area contributed by atoms with Crippen molar-refractivity contribution in [2.75, 3.05) is 113 Å². The normalized spacial score (nSPS) is 11.9. The molecule has 0 fully saturated rings. The van der Waals surface area contributed by atoms with Gasteiger partial charge >= 0.3 is 0 Å². The summed E-state index contributed by atoms with van der Waals surface area (Å²) in [4.78, 5) is 146. The van der Waals surface area contributed by atoms with Crippen LogP contribution in [-0.4, -0.2) is 206 Å². The van der Waals surface area contributed by atoms with Crippen LogP contribution in [0.4, 0.5) is 0 Å². The highest BCUT2D eigenvalue weighted by atomic mass is 16.7. The Morgan fingerprint density at radius 2 is 0.791 bits per heavy atom. The number of carbonyl (C=O) groups is 9. The van der Waals surface area contributed by atoms with Crippen molar-refractivity contribution in [1.82, 2.24) is 44.5 Å². The number of rotatable bonds is 42. The second kappa shape index (κ2) is 42.8. The van der Waals surface area contributed by atoms with Gasteiger partial charge in [-0.15, -0.1) is 0 Å². The molecular formula is C91H103N11O13. The lowest BCUT2D eigenvalue weighted by Crippen LogP contribution is -2.53. The van der Waals surface area contributed by atoms with Gasteiger partial charge in [-0.05, 0) is 108 Å². The summed E-state index contributed by atoms with van der Waals surface area (Å²) in [5, 5.41) is 3.26. The number of fused-ring (bicyclic) bond motifs is 1. The van der Waals surface area contributed by atoms with Gasteiger partial charge in [0.1, 0.15) is 19.6 Å². The number of methoxy groups -OCH3 is 2. The molecule has 0 spiro atoms. The molecule has 24 nitrogen and oxygen atoms in total. The Kier molecular flexibility index (Phi) is 31.6. The van der Waals surface area contributed by atoms with Crippen LogP contribution in [0.5, 0.6) is 23.0 Å². The van der Waals surface area contributed by atoms with E-state index < -0.39 is 118 Å². The summed E-state index contributed by atoms with van der Waals surface area (Å²) >= 11 is 0. The lowest BCUT2D eigenvalue weighted by atomic mass is 9.90. The van der Waals surface area contributed by atoms with Crippen LogP contribution in [0.1, 0.15) is 101 Å². The summed E-state index contributed by atoms with van der Waals surface area (Å²) in [6, 6.07) is 74.7. The molecule has 24 heteroatoms. The van der Waals surface area contributed by atoms with E-state index in [-0.39, 0.29) is 64.4 Å². The summed E-state index contributed by atoms with van der Waals surface area (Å²) in [5.41, 5.74) is 18.7. The van der Waals surface area contributed by atoms with E-state index in [4.69, 9.17) is 30.4 Å². The molecule has 1 aliphatic rings. The van der Waals surface area contributed by atoms with Crippen LogP contribution < -0.4 is 35.7 Å². The van der Waals surface area contributed by atoms with E-state index in [2.05, 4.69) is 5.32 Å². The average molecular weight is 1560 g/mol. The molecule has 9 aromatic carbocycles. The van der Waals surface area contributed by atoms with E-state index in [0.29, 0.717) is 59.1 Å². The third-order valence-corrected chi connectivity index (χ3v) is 20.5. The molecule has 115 heavy (non-hydrogen) atoms. The number of likely N-dealkylation sites (N-methyl/N-ethyl adjacent to an activating group) is 1. The Morgan fingerprint density at radius 1 is 0.391 bits per heavy atom. The van der Waals surface area contributed by atoms with Crippen molar-refractivity contribution in [2.24, 2.45) is 11.5 Å². The van der Waals surface area contributed by atoms with Crippen LogP contribution >= 0.6 is 0 Å². The average Bonchev–Trinajstić information content (AvgIpc) is 1.35. The number of hydrogen-bond donors (Lipinski definition) is 3. The number of nitrogens with two attached hydrogens (primary N) is 2. The van der Waals surface area contributed by atoms with Crippen LogP contribution in [0.2, 0.25) is 0 Å². The number of primary amides is 1. The molecule has 9 amide bonds. The summed E-state index contributed by atoms with van der Waals surface area (Å²) in [6.07, 6.45) is 0.928. The smallest absolute Gasteiger partial charge is 0.243 e. The molecule has 5 N–H and O–H groups in total. The Balaban J connectivity index is 0.948. The number of unbranched alkanes of at least 4 members (excludes halogenated alkanes) is 1. The van der Waals surface area contributed by atoms with E-state index in [1.807, 2.05) is 200 Å². The highest BCUT2D eigenvalue weighted by molar-refractivity contribution is 5.94. The van der Waals surface area contributed by atoms with E-state index in [9.17, 15) is 14.4 Å². The topological polar surface area (TPSA) is 281 Å². The molecule has 0 saturated carbocycles. The van der Waals surface area contributed by atoms with Crippen molar-refractivity contribution in [1.29, 1.82) is 0 Å². The standard InChI is InChI=1S/C91H103N11O13/c1-66(71-31-15-7-16-32-71)101(63-88(108)97(57-83(93)103)53-68-29-13-6-14-30-68)90(110)61-98(54-70-44-46-80-82(50-70)115-65-114-80)89(109)64-102(67(2)72-33-17-8-18-34-72)91(111)62-100(56-78(75-39-23-11-24-40-75)76-41-25-12-26-42-76)86(106)58-95(3)85(105)59-96(48-28-27-47-92)87(107)60-99(55-77(73-35-19-9-20-36-73)74-37-21-10-22-38-74)84(104)52-94-51-69-43-45-79(112-4)81(49-69)113-5/h6-26,29-46,49-50,66-67,77-78,94H,27-28,47-48,51-65,92H2,1-5H3,(H2,93,103). The Hall–Kier alpha value is -12.7. The third-order valence-electron chi connectivity index (χ3n) is 20.5. The van der Waals surface area contributed by atoms with Crippen molar-refractivity contribution in [2.45, 2.75) is 70.2 Å². The maximum Gasteiger partial charge on any atom is 0.243 e. The quantitative estimate of drug-likeness (QED) is 0.0300. The van der Waals surface area contributed by atoms with E-state index >= 15 is 28.8 Å². The van der Waals surface area contributed by atoms with Crippen LogP contribution in [0.15, 0.2) is 249 Å². The molecule has 2 unspecified atom stereocenters. The predicted molar refractivity (Wildman–Crippen MR) is 439 cm³/mol. The van der Waals surface area contributed by atoms with Crippen molar-refractivity contribution in [3.05, 3.63) is 299 Å². The van der Waals surface area contributed by atoms with Gasteiger partial charge in [-0.1, -0.05) is 224 Å². The van der Waals surface area contributed by atoms with Gasteiger partial charge in [0.05, 0.1) is 65.6 Å². The van der Waals surface area contributed by atoms with Crippen LogP contribution in [-0.2, 0) is 62.8 Å². The number of ether oxygens (including phenoxy) is 4. The number of carbonyl (C=O) groups excluding carboxylic acids is 9. The first kappa shape index (κ1) is 84.8. The first-order chi connectivity index (χ1) is 55.8. The second-order valence-corrected chi connectivity index (χ2v) is 28.5. The van der Waals surface area contributed by atoms with Gasteiger partial charge in [0.25, 0.3) is 0 Å². The number of hydrogen-bond acceptors (Lipinski definition) is 15. The third kappa shape index (κ3) is 24.4. The molecular weight excluding hydrogens is 1460 g/mol. The predicted octanol–water partition coefficient (Wildman–Crippen LogP) is 9.59. The van der Waals surface area contributed by atoms with Gasteiger partial charge in [-0.25, -0.2) is 0 Å². The van der Waals surface area contributed by atoms with Crippen molar-refractivity contribution >= 4 is 53.2 Å². The highest BCUT2D eigenvalue weighted by Crippen LogP contribution is 2.35. The first-order valence-corrected chi connectivity index (χ1v) is 38.6. The lowest BCUT2D eigenvalue weighted by molar-refractivity contribution is -0.150. The van der Waals surface area contributed by atoms with Gasteiger partial charge in [-0.2, -0.15) is 0 Å². The van der Waals surface area contributed by atoms with Gasteiger partial charge < -0.3 is 74.9 Å². The molecule has 9 aromatic rings. The van der Waals surface area contributed by atoms with E-state index in [0.717, 1.165) is 33.4 Å². The number of nitrogens with one attached hydrogen (secondary N) is 1. The second-order valence-electron chi connectivity index (χ2n) is 28.5. The minimum absolute atomic E-state index is 0.0126. The van der Waals surface area contributed by atoms with Crippen LogP contribution in [0.3, 0.4) is 0 Å². The fourth-order valence-corrected chi connectivity index (χ4v) is 14.0. The molecule has 1 aliphatic heterocycles. The Morgan fingerprint density at radius 3 is 1.27 bits per heavy atom.